The van der Waals surface area contributed by atoms with Crippen LogP contribution >= 0.6 is 11.3 Å². The molecule has 2 rings (SSSR count). The van der Waals surface area contributed by atoms with Gasteiger partial charge in [-0.05, 0) is 44.5 Å². The lowest BCUT2D eigenvalue weighted by Crippen LogP contribution is -2.30. The molecule has 0 aliphatic carbocycles. The number of hydrogen-bond acceptors (Lipinski definition) is 5. The molecule has 0 saturated carbocycles. The number of nitrogens with one attached hydrogen (secondary N) is 2. The fraction of sp³-hybridized carbons (Fsp3) is 0.357. The molecule has 1 atom stereocenters. The first-order valence-electron chi connectivity index (χ1n) is 6.44. The zero-order valence-electron chi connectivity index (χ0n) is 11.8. The Balaban J connectivity index is 1.86. The van der Waals surface area contributed by atoms with E-state index < -0.39 is 0 Å². The van der Waals surface area contributed by atoms with Crippen LogP contribution in [0.5, 0.6) is 0 Å². The molecule has 1 unspecified atom stereocenters. The minimum absolute atomic E-state index is 0.123. The topological polar surface area (TPSA) is 66.9 Å². The van der Waals surface area contributed by atoms with Gasteiger partial charge in [-0.3, -0.25) is 4.79 Å². The van der Waals surface area contributed by atoms with Gasteiger partial charge < -0.3 is 10.6 Å². The molecule has 2 aromatic rings. The second-order valence-corrected chi connectivity index (χ2v) is 6.09. The van der Waals surface area contributed by atoms with E-state index in [0.717, 1.165) is 0 Å². The average Bonchev–Trinajstić information content (AvgIpc) is 2.76. The summed E-state index contributed by atoms with van der Waals surface area (Å²) in [6.45, 7) is 6.50. The summed E-state index contributed by atoms with van der Waals surface area (Å²) >= 11 is 1.78. The van der Waals surface area contributed by atoms with Crippen molar-refractivity contribution < 1.29 is 4.79 Å². The first-order valence-corrected chi connectivity index (χ1v) is 7.26. The molecule has 0 aliphatic rings. The predicted octanol–water partition coefficient (Wildman–Crippen LogP) is 2.44. The third-order valence-corrected chi connectivity index (χ3v) is 3.94. The minimum Gasteiger partial charge on any atom is -0.308 e. The Bertz CT molecular complexity index is 582. The van der Waals surface area contributed by atoms with Crippen LogP contribution in [-0.4, -0.2) is 22.6 Å². The minimum atomic E-state index is -0.123. The van der Waals surface area contributed by atoms with Crippen molar-refractivity contribution in [1.82, 2.24) is 15.5 Å². The van der Waals surface area contributed by atoms with Gasteiger partial charge in [0.05, 0.1) is 6.54 Å². The monoisotopic (exact) mass is 290 g/mol. The van der Waals surface area contributed by atoms with E-state index in [0.29, 0.717) is 5.82 Å². The molecule has 0 saturated heterocycles. The van der Waals surface area contributed by atoms with Gasteiger partial charge in [-0.2, -0.15) is 5.10 Å². The molecular formula is C14H18N4OS. The summed E-state index contributed by atoms with van der Waals surface area (Å²) < 4.78 is 0. The molecule has 2 N–H and O–H groups in total. The molecule has 2 heterocycles. The molecule has 0 fully saturated rings. The van der Waals surface area contributed by atoms with E-state index in [1.165, 1.54) is 15.3 Å². The van der Waals surface area contributed by atoms with Gasteiger partial charge in [-0.1, -0.05) is 0 Å². The lowest BCUT2D eigenvalue weighted by atomic mass is 10.1. The molecule has 0 radical (unpaired) electrons. The maximum Gasteiger partial charge on any atom is 0.239 e. The third kappa shape index (κ3) is 3.85. The second-order valence-electron chi connectivity index (χ2n) is 4.63. The summed E-state index contributed by atoms with van der Waals surface area (Å²) in [6.07, 6.45) is 1.57. The Hall–Kier alpha value is -1.79. The van der Waals surface area contributed by atoms with E-state index in [1.807, 2.05) is 0 Å². The quantitative estimate of drug-likeness (QED) is 0.887. The summed E-state index contributed by atoms with van der Waals surface area (Å²) in [7, 11) is 0. The zero-order chi connectivity index (χ0) is 14.5. The van der Waals surface area contributed by atoms with Crippen LogP contribution in [0.4, 0.5) is 5.82 Å². The summed E-state index contributed by atoms with van der Waals surface area (Å²) in [6, 6.07) is 5.75. The summed E-state index contributed by atoms with van der Waals surface area (Å²) in [5.41, 5.74) is 1.25. The van der Waals surface area contributed by atoms with E-state index in [4.69, 9.17) is 0 Å². The van der Waals surface area contributed by atoms with Crippen LogP contribution in [0.25, 0.3) is 0 Å². The lowest BCUT2D eigenvalue weighted by Gasteiger charge is -2.13. The second kappa shape index (κ2) is 6.58. The van der Waals surface area contributed by atoms with Crippen LogP contribution < -0.4 is 10.6 Å². The summed E-state index contributed by atoms with van der Waals surface area (Å²) in [4.78, 5) is 14.4. The largest absolute Gasteiger partial charge is 0.308 e. The van der Waals surface area contributed by atoms with E-state index in [-0.39, 0.29) is 18.5 Å². The molecule has 20 heavy (non-hydrogen) atoms. The Morgan fingerprint density at radius 1 is 1.45 bits per heavy atom. The highest BCUT2D eigenvalue weighted by atomic mass is 32.1. The molecule has 106 valence electrons. The van der Waals surface area contributed by atoms with Crippen LogP contribution in [0.2, 0.25) is 0 Å². The Morgan fingerprint density at radius 2 is 2.25 bits per heavy atom. The highest BCUT2D eigenvalue weighted by Gasteiger charge is 2.12. The first-order chi connectivity index (χ1) is 9.56. The standard InChI is InChI=1S/C14H18N4OS/c1-9-7-12(11(3)20-9)10(2)15-8-14(19)17-13-5-4-6-16-18-13/h4-7,10,15H,8H2,1-3H3,(H,17,18,19). The Morgan fingerprint density at radius 3 is 2.85 bits per heavy atom. The van der Waals surface area contributed by atoms with Crippen LogP contribution in [0, 0.1) is 13.8 Å². The number of anilines is 1. The van der Waals surface area contributed by atoms with Crippen LogP contribution in [0.15, 0.2) is 24.4 Å². The van der Waals surface area contributed by atoms with E-state index in [2.05, 4.69) is 47.7 Å². The smallest absolute Gasteiger partial charge is 0.239 e. The number of carbonyl (C=O) groups excluding carboxylic acids is 1. The third-order valence-electron chi connectivity index (χ3n) is 2.95. The van der Waals surface area contributed by atoms with E-state index in [9.17, 15) is 4.79 Å². The molecule has 2 aromatic heterocycles. The number of nitrogens with zero attached hydrogens (tertiary/aromatic N) is 2. The van der Waals surface area contributed by atoms with Crippen molar-refractivity contribution in [3.8, 4) is 0 Å². The van der Waals surface area contributed by atoms with Gasteiger partial charge >= 0.3 is 0 Å². The van der Waals surface area contributed by atoms with Gasteiger partial charge in [0.25, 0.3) is 0 Å². The van der Waals surface area contributed by atoms with Gasteiger partial charge in [0.2, 0.25) is 5.91 Å². The zero-order valence-corrected chi connectivity index (χ0v) is 12.6. The fourth-order valence-corrected chi connectivity index (χ4v) is 3.01. The molecule has 0 aliphatic heterocycles. The van der Waals surface area contributed by atoms with E-state index in [1.54, 1.807) is 29.7 Å². The van der Waals surface area contributed by atoms with Crippen molar-refractivity contribution in [2.75, 3.05) is 11.9 Å². The highest BCUT2D eigenvalue weighted by molar-refractivity contribution is 7.12. The van der Waals surface area contributed by atoms with Crippen LogP contribution in [-0.2, 0) is 4.79 Å². The van der Waals surface area contributed by atoms with Crippen molar-refractivity contribution in [2.45, 2.75) is 26.8 Å². The number of amides is 1. The van der Waals surface area contributed by atoms with Crippen LogP contribution in [0.1, 0.15) is 28.3 Å². The average molecular weight is 290 g/mol. The number of carbonyl (C=O) groups is 1. The maximum absolute atomic E-state index is 11.8. The molecule has 1 amide bonds. The number of hydrogen-bond donors (Lipinski definition) is 2. The fourth-order valence-electron chi connectivity index (χ4n) is 1.99. The lowest BCUT2D eigenvalue weighted by molar-refractivity contribution is -0.115. The van der Waals surface area contributed by atoms with Crippen molar-refractivity contribution in [1.29, 1.82) is 0 Å². The number of thiophene rings is 1. The molecule has 6 heteroatoms. The van der Waals surface area contributed by atoms with E-state index >= 15 is 0 Å². The highest BCUT2D eigenvalue weighted by Crippen LogP contribution is 2.25. The Labute approximate surface area is 122 Å². The van der Waals surface area contributed by atoms with Gasteiger partial charge in [0.1, 0.15) is 0 Å². The number of aryl methyl sites for hydroxylation is 2. The van der Waals surface area contributed by atoms with Crippen molar-refractivity contribution in [3.05, 3.63) is 39.7 Å². The van der Waals surface area contributed by atoms with Crippen LogP contribution in [0.3, 0.4) is 0 Å². The molecule has 5 nitrogen and oxygen atoms in total. The molecule has 0 spiro atoms. The van der Waals surface area contributed by atoms with Gasteiger partial charge in [0.15, 0.2) is 5.82 Å². The van der Waals surface area contributed by atoms with Gasteiger partial charge in [0, 0.05) is 22.0 Å². The number of aromatic nitrogens is 2. The molecule has 0 aromatic carbocycles. The molecule has 0 bridgehead atoms. The van der Waals surface area contributed by atoms with Gasteiger partial charge in [-0.25, -0.2) is 0 Å². The SMILES string of the molecule is Cc1cc(C(C)NCC(=O)Nc2cccnn2)c(C)s1. The molecular weight excluding hydrogens is 272 g/mol. The summed E-state index contributed by atoms with van der Waals surface area (Å²) in [5, 5.41) is 13.4. The van der Waals surface area contributed by atoms with Gasteiger partial charge in [-0.15, -0.1) is 16.4 Å². The van der Waals surface area contributed by atoms with Crippen molar-refractivity contribution in [3.63, 3.8) is 0 Å². The van der Waals surface area contributed by atoms with Crippen molar-refractivity contribution in [2.24, 2.45) is 0 Å². The Kier molecular flexibility index (Phi) is 4.81. The normalized spacial score (nSPS) is 12.2. The maximum atomic E-state index is 11.8. The predicted molar refractivity (Wildman–Crippen MR) is 80.9 cm³/mol. The number of rotatable bonds is 5. The summed E-state index contributed by atoms with van der Waals surface area (Å²) in [5.74, 6) is 0.344. The first kappa shape index (κ1) is 14.6. The van der Waals surface area contributed by atoms with Crippen molar-refractivity contribution >= 4 is 23.1 Å².